The van der Waals surface area contributed by atoms with E-state index in [-0.39, 0.29) is 32.5 Å². The molecule has 0 radical (unpaired) electrons. The van der Waals surface area contributed by atoms with Crippen LogP contribution in [0.2, 0.25) is 15.1 Å². The molecule has 114 valence electrons. The summed E-state index contributed by atoms with van der Waals surface area (Å²) in [4.78, 5) is -0.229. The van der Waals surface area contributed by atoms with Gasteiger partial charge >= 0.3 is 0 Å². The quantitative estimate of drug-likeness (QED) is 0.817. The Morgan fingerprint density at radius 1 is 1.20 bits per heavy atom. The van der Waals surface area contributed by atoms with Crippen molar-refractivity contribution in [2.24, 2.45) is 5.92 Å². The number of nitrogens with one attached hydrogen (secondary N) is 1. The van der Waals surface area contributed by atoms with Crippen LogP contribution in [0.5, 0.6) is 0 Å². The monoisotopic (exact) mass is 359 g/mol. The highest BCUT2D eigenvalue weighted by atomic mass is 35.5. The lowest BCUT2D eigenvalue weighted by atomic mass is 10.1. The SMILES string of the molecule is CC(C)CC(CO)NS(=O)(=O)c1c(Cl)cc(Cl)cc1Cl. The molecule has 0 heterocycles. The van der Waals surface area contributed by atoms with Crippen LogP contribution in [-0.2, 0) is 10.0 Å². The van der Waals surface area contributed by atoms with Crippen molar-refractivity contribution in [3.63, 3.8) is 0 Å². The average Bonchev–Trinajstić information content (AvgIpc) is 2.24. The molecule has 0 aromatic heterocycles. The molecule has 0 aliphatic carbocycles. The molecule has 1 aromatic carbocycles. The maximum Gasteiger partial charge on any atom is 0.243 e. The van der Waals surface area contributed by atoms with Gasteiger partial charge in [-0.1, -0.05) is 48.7 Å². The maximum atomic E-state index is 12.3. The zero-order valence-corrected chi connectivity index (χ0v) is 14.1. The van der Waals surface area contributed by atoms with Crippen LogP contribution in [0, 0.1) is 5.92 Å². The van der Waals surface area contributed by atoms with Crippen LogP contribution in [0.1, 0.15) is 20.3 Å². The van der Waals surface area contributed by atoms with Crippen LogP contribution < -0.4 is 4.72 Å². The summed E-state index contributed by atoms with van der Waals surface area (Å²) in [6, 6.07) is 2.02. The molecule has 8 heteroatoms. The molecular formula is C12H16Cl3NO3S. The lowest BCUT2D eigenvalue weighted by molar-refractivity contribution is 0.240. The van der Waals surface area contributed by atoms with Crippen molar-refractivity contribution in [2.45, 2.75) is 31.2 Å². The molecule has 0 saturated carbocycles. The Bertz CT molecular complexity index is 552. The van der Waals surface area contributed by atoms with Crippen LogP contribution in [0.15, 0.2) is 17.0 Å². The topological polar surface area (TPSA) is 66.4 Å². The molecule has 0 bridgehead atoms. The van der Waals surface area contributed by atoms with E-state index < -0.39 is 16.1 Å². The smallest absolute Gasteiger partial charge is 0.243 e. The third-order valence-electron chi connectivity index (χ3n) is 2.53. The van der Waals surface area contributed by atoms with E-state index in [1.165, 1.54) is 12.1 Å². The Morgan fingerprint density at radius 3 is 2.10 bits per heavy atom. The molecule has 20 heavy (non-hydrogen) atoms. The van der Waals surface area contributed by atoms with Gasteiger partial charge in [0, 0.05) is 11.1 Å². The van der Waals surface area contributed by atoms with E-state index in [0.717, 1.165) is 0 Å². The molecule has 0 aliphatic rings. The third-order valence-corrected chi connectivity index (χ3v) is 5.19. The number of halogens is 3. The molecule has 1 unspecified atom stereocenters. The van der Waals surface area contributed by atoms with Gasteiger partial charge in [-0.15, -0.1) is 0 Å². The van der Waals surface area contributed by atoms with Crippen LogP contribution in [-0.4, -0.2) is 26.2 Å². The van der Waals surface area contributed by atoms with Gasteiger partial charge in [0.15, 0.2) is 0 Å². The normalized spacial score (nSPS) is 13.8. The van der Waals surface area contributed by atoms with Crippen LogP contribution in [0.4, 0.5) is 0 Å². The van der Waals surface area contributed by atoms with Gasteiger partial charge in [0.1, 0.15) is 4.90 Å². The zero-order chi connectivity index (χ0) is 15.5. The van der Waals surface area contributed by atoms with E-state index >= 15 is 0 Å². The number of hydrogen-bond donors (Lipinski definition) is 2. The first-order valence-electron chi connectivity index (χ1n) is 5.95. The number of benzene rings is 1. The average molecular weight is 361 g/mol. The Morgan fingerprint density at radius 2 is 1.70 bits per heavy atom. The first-order valence-corrected chi connectivity index (χ1v) is 8.56. The van der Waals surface area contributed by atoms with Gasteiger partial charge in [-0.25, -0.2) is 13.1 Å². The number of sulfonamides is 1. The fourth-order valence-corrected chi connectivity index (χ4v) is 4.58. The summed E-state index contributed by atoms with van der Waals surface area (Å²) in [7, 11) is -3.93. The second-order valence-corrected chi connectivity index (χ2v) is 7.73. The minimum Gasteiger partial charge on any atom is -0.395 e. The van der Waals surface area contributed by atoms with Gasteiger partial charge in [0.25, 0.3) is 0 Å². The molecule has 0 spiro atoms. The summed E-state index contributed by atoms with van der Waals surface area (Å²) < 4.78 is 27.0. The van der Waals surface area contributed by atoms with E-state index in [4.69, 9.17) is 34.8 Å². The molecule has 0 fully saturated rings. The van der Waals surface area contributed by atoms with Crippen LogP contribution >= 0.6 is 34.8 Å². The second kappa shape index (κ2) is 7.29. The van der Waals surface area contributed by atoms with Crippen molar-refractivity contribution in [1.29, 1.82) is 0 Å². The molecule has 4 nitrogen and oxygen atoms in total. The summed E-state index contributed by atoms with van der Waals surface area (Å²) in [5, 5.41) is 9.39. The van der Waals surface area contributed by atoms with E-state index in [9.17, 15) is 13.5 Å². The molecule has 1 aromatic rings. The number of hydrogen-bond acceptors (Lipinski definition) is 3. The summed E-state index contributed by atoms with van der Waals surface area (Å²) in [6.07, 6.45) is 0.499. The molecule has 0 aliphatic heterocycles. The van der Waals surface area contributed by atoms with Gasteiger partial charge in [-0.05, 0) is 24.5 Å². The Kier molecular flexibility index (Phi) is 6.57. The van der Waals surface area contributed by atoms with Gasteiger partial charge in [-0.3, -0.25) is 0 Å². The van der Waals surface area contributed by atoms with Crippen molar-refractivity contribution in [3.8, 4) is 0 Å². The van der Waals surface area contributed by atoms with Crippen LogP contribution in [0.3, 0.4) is 0 Å². The molecule has 0 saturated heterocycles. The van der Waals surface area contributed by atoms with Gasteiger partial charge in [0.05, 0.1) is 16.7 Å². The molecule has 0 amide bonds. The highest BCUT2D eigenvalue weighted by Crippen LogP contribution is 2.32. The van der Waals surface area contributed by atoms with E-state index in [1.54, 1.807) is 0 Å². The maximum absolute atomic E-state index is 12.3. The Hall–Kier alpha value is -0.0400. The van der Waals surface area contributed by atoms with Crippen molar-refractivity contribution < 1.29 is 13.5 Å². The van der Waals surface area contributed by atoms with Gasteiger partial charge in [-0.2, -0.15) is 0 Å². The first-order chi connectivity index (χ1) is 9.17. The fourth-order valence-electron chi connectivity index (χ4n) is 1.79. The molecule has 2 N–H and O–H groups in total. The van der Waals surface area contributed by atoms with Crippen molar-refractivity contribution >= 4 is 44.8 Å². The standard InChI is InChI=1S/C12H16Cl3NO3S/c1-7(2)3-9(6-17)16-20(18,19)12-10(14)4-8(13)5-11(12)15/h4-5,7,9,16-17H,3,6H2,1-2H3. The number of rotatable bonds is 6. The van der Waals surface area contributed by atoms with Gasteiger partial charge in [0.2, 0.25) is 10.0 Å². The minimum absolute atomic E-state index is 0.0590. The summed E-state index contributed by atoms with van der Waals surface area (Å²) in [6.45, 7) is 3.55. The number of aliphatic hydroxyl groups excluding tert-OH is 1. The number of aliphatic hydroxyl groups is 1. The summed E-state index contributed by atoms with van der Waals surface area (Å²) in [5.41, 5.74) is 0. The van der Waals surface area contributed by atoms with E-state index in [1.807, 2.05) is 13.8 Å². The first kappa shape index (κ1) is 18.0. The summed E-state index contributed by atoms with van der Waals surface area (Å²) in [5.74, 6) is 0.228. The summed E-state index contributed by atoms with van der Waals surface area (Å²) >= 11 is 17.6. The highest BCUT2D eigenvalue weighted by molar-refractivity contribution is 7.89. The second-order valence-electron chi connectivity index (χ2n) is 4.83. The lowest BCUT2D eigenvalue weighted by Gasteiger charge is -2.19. The van der Waals surface area contributed by atoms with Crippen molar-refractivity contribution in [1.82, 2.24) is 4.72 Å². The highest BCUT2D eigenvalue weighted by Gasteiger charge is 2.25. The third kappa shape index (κ3) is 4.76. The largest absolute Gasteiger partial charge is 0.395 e. The molecular weight excluding hydrogens is 345 g/mol. The lowest BCUT2D eigenvalue weighted by Crippen LogP contribution is -2.38. The van der Waals surface area contributed by atoms with E-state index in [0.29, 0.717) is 6.42 Å². The fraction of sp³-hybridized carbons (Fsp3) is 0.500. The Balaban J connectivity index is 3.11. The van der Waals surface area contributed by atoms with E-state index in [2.05, 4.69) is 4.72 Å². The predicted molar refractivity (Wildman–Crippen MR) is 82.1 cm³/mol. The van der Waals surface area contributed by atoms with Crippen molar-refractivity contribution in [2.75, 3.05) is 6.61 Å². The van der Waals surface area contributed by atoms with Crippen LogP contribution in [0.25, 0.3) is 0 Å². The predicted octanol–water partition coefficient (Wildman–Crippen LogP) is 3.33. The van der Waals surface area contributed by atoms with Crippen molar-refractivity contribution in [3.05, 3.63) is 27.2 Å². The molecule has 1 atom stereocenters. The Labute approximate surface area is 134 Å². The molecule has 1 rings (SSSR count). The zero-order valence-electron chi connectivity index (χ0n) is 11.0. The van der Waals surface area contributed by atoms with Gasteiger partial charge < -0.3 is 5.11 Å². The minimum atomic E-state index is -3.93.